The Balaban J connectivity index is 2.90. The summed E-state index contributed by atoms with van der Waals surface area (Å²) < 4.78 is 23.3. The Labute approximate surface area is 94.2 Å². The van der Waals surface area contributed by atoms with Crippen LogP contribution in [0.25, 0.3) is 0 Å². The van der Waals surface area contributed by atoms with Crippen molar-refractivity contribution in [3.05, 3.63) is 30.3 Å². The summed E-state index contributed by atoms with van der Waals surface area (Å²) in [5.41, 5.74) is 0.111. The van der Waals surface area contributed by atoms with E-state index in [4.69, 9.17) is 0 Å². The van der Waals surface area contributed by atoms with Crippen LogP contribution < -0.4 is 4.83 Å². The summed E-state index contributed by atoms with van der Waals surface area (Å²) in [6.07, 6.45) is 0. The van der Waals surface area contributed by atoms with Gasteiger partial charge in [0.2, 0.25) is 0 Å². The molecule has 0 amide bonds. The van der Waals surface area contributed by atoms with Crippen LogP contribution in [0.15, 0.2) is 40.3 Å². The molecule has 86 valence electrons. The van der Waals surface area contributed by atoms with E-state index in [9.17, 15) is 13.2 Å². The number of hydrogen-bond acceptors (Lipinski definition) is 4. The van der Waals surface area contributed by atoms with Gasteiger partial charge >= 0.3 is 0 Å². The Hall–Kier alpha value is -1.69. The number of rotatable bonds is 4. The molecule has 0 atom stereocenters. The van der Waals surface area contributed by atoms with Gasteiger partial charge < -0.3 is 0 Å². The zero-order valence-corrected chi connectivity index (χ0v) is 9.78. The van der Waals surface area contributed by atoms with Gasteiger partial charge in [0.15, 0.2) is 5.78 Å². The molecular weight excluding hydrogens is 228 g/mol. The Morgan fingerprint density at radius 2 is 1.75 bits per heavy atom. The first-order valence-corrected chi connectivity index (χ1v) is 6.04. The summed E-state index contributed by atoms with van der Waals surface area (Å²) >= 11 is 0. The van der Waals surface area contributed by atoms with E-state index in [0.29, 0.717) is 0 Å². The highest BCUT2D eigenvalue weighted by molar-refractivity contribution is 7.89. The van der Waals surface area contributed by atoms with E-state index >= 15 is 0 Å². The molecule has 5 nitrogen and oxygen atoms in total. The van der Waals surface area contributed by atoms with Crippen molar-refractivity contribution in [1.82, 2.24) is 4.83 Å². The summed E-state index contributed by atoms with van der Waals surface area (Å²) in [5, 5.41) is 3.50. The average Bonchev–Trinajstić information content (AvgIpc) is 2.27. The first-order valence-electron chi connectivity index (χ1n) is 4.55. The molecule has 0 bridgehead atoms. The molecule has 0 heterocycles. The zero-order chi connectivity index (χ0) is 12.2. The number of carbonyl (C=O) groups is 1. The van der Waals surface area contributed by atoms with Crippen molar-refractivity contribution in [3.63, 3.8) is 0 Å². The largest absolute Gasteiger partial charge is 0.293 e. The highest BCUT2D eigenvalue weighted by atomic mass is 32.2. The number of hydrogen-bond donors (Lipinski definition) is 1. The van der Waals surface area contributed by atoms with Gasteiger partial charge in [0.25, 0.3) is 10.0 Å². The second kappa shape index (κ2) is 4.89. The van der Waals surface area contributed by atoms with Crippen LogP contribution in [-0.2, 0) is 14.8 Å². The molecule has 0 aliphatic heterocycles. The minimum absolute atomic E-state index is 0.107. The second-order valence-electron chi connectivity index (χ2n) is 3.16. The number of nitrogens with zero attached hydrogens (tertiary/aromatic N) is 1. The summed E-state index contributed by atoms with van der Waals surface area (Å²) in [5.74, 6) is -0.282. The second-order valence-corrected chi connectivity index (χ2v) is 4.82. The van der Waals surface area contributed by atoms with Gasteiger partial charge in [-0.15, -0.1) is 0 Å². The summed E-state index contributed by atoms with van der Waals surface area (Å²) in [6, 6.07) is 7.82. The molecule has 0 fully saturated rings. The van der Waals surface area contributed by atoms with Crippen LogP contribution >= 0.6 is 0 Å². The molecule has 0 aliphatic rings. The van der Waals surface area contributed by atoms with Crippen molar-refractivity contribution in [2.24, 2.45) is 5.10 Å². The maximum atomic E-state index is 11.6. The smallest absolute Gasteiger partial charge is 0.276 e. The molecule has 0 saturated carbocycles. The summed E-state index contributed by atoms with van der Waals surface area (Å²) in [6.45, 7) is 2.76. The maximum absolute atomic E-state index is 11.6. The Morgan fingerprint density at radius 1 is 1.19 bits per heavy atom. The number of sulfonamides is 1. The molecular formula is C10H12N2O3S. The van der Waals surface area contributed by atoms with E-state index in [2.05, 4.69) is 5.10 Å². The Morgan fingerprint density at radius 3 is 2.25 bits per heavy atom. The lowest BCUT2D eigenvalue weighted by Gasteiger charge is -2.03. The number of ketones is 1. The highest BCUT2D eigenvalue weighted by Gasteiger charge is 2.12. The monoisotopic (exact) mass is 240 g/mol. The standard InChI is InChI=1S/C10H12N2O3S/c1-8(9(2)13)11-12-16(14,15)10-6-4-3-5-7-10/h3-7,12H,1-2H3. The lowest BCUT2D eigenvalue weighted by Crippen LogP contribution is -2.21. The van der Waals surface area contributed by atoms with Gasteiger partial charge in [-0.05, 0) is 19.1 Å². The van der Waals surface area contributed by atoms with Crippen molar-refractivity contribution >= 4 is 21.5 Å². The quantitative estimate of drug-likeness (QED) is 0.628. The van der Waals surface area contributed by atoms with E-state index in [1.54, 1.807) is 18.2 Å². The Bertz CT molecular complexity index is 506. The van der Waals surface area contributed by atoms with E-state index < -0.39 is 10.0 Å². The zero-order valence-electron chi connectivity index (χ0n) is 8.97. The van der Waals surface area contributed by atoms with Crippen molar-refractivity contribution in [1.29, 1.82) is 0 Å². The molecule has 1 aromatic carbocycles. The molecule has 6 heteroatoms. The van der Waals surface area contributed by atoms with Crippen LogP contribution in [0.3, 0.4) is 0 Å². The van der Waals surface area contributed by atoms with Crippen LogP contribution in [0.2, 0.25) is 0 Å². The number of benzene rings is 1. The predicted octanol–water partition coefficient (Wildman–Crippen LogP) is 0.930. The molecule has 0 unspecified atom stereocenters. The first-order chi connectivity index (χ1) is 7.43. The SMILES string of the molecule is CC(=O)C(C)=NNS(=O)(=O)c1ccccc1. The van der Waals surface area contributed by atoms with Crippen molar-refractivity contribution in [2.75, 3.05) is 0 Å². The summed E-state index contributed by atoms with van der Waals surface area (Å²) in [4.78, 5) is 12.9. The molecule has 0 spiro atoms. The van der Waals surface area contributed by atoms with Gasteiger partial charge in [0.1, 0.15) is 5.71 Å². The molecule has 1 rings (SSSR count). The predicted molar refractivity (Wildman–Crippen MR) is 60.6 cm³/mol. The highest BCUT2D eigenvalue weighted by Crippen LogP contribution is 2.06. The van der Waals surface area contributed by atoms with Crippen molar-refractivity contribution in [3.8, 4) is 0 Å². The fraction of sp³-hybridized carbons (Fsp3) is 0.200. The molecule has 16 heavy (non-hydrogen) atoms. The maximum Gasteiger partial charge on any atom is 0.276 e. The molecule has 1 N–H and O–H groups in total. The lowest BCUT2D eigenvalue weighted by atomic mass is 10.3. The fourth-order valence-corrected chi connectivity index (χ4v) is 1.74. The topological polar surface area (TPSA) is 75.6 Å². The van der Waals surface area contributed by atoms with Crippen molar-refractivity contribution in [2.45, 2.75) is 18.7 Å². The van der Waals surface area contributed by atoms with Gasteiger partial charge in [-0.1, -0.05) is 18.2 Å². The van der Waals surface area contributed by atoms with Gasteiger partial charge in [-0.3, -0.25) is 4.79 Å². The number of Topliss-reactive ketones (excluding diaryl/α,β-unsaturated/α-hetero) is 1. The van der Waals surface area contributed by atoms with E-state index in [1.165, 1.54) is 26.0 Å². The minimum atomic E-state index is -3.68. The number of hydrazone groups is 1. The number of carbonyl (C=O) groups excluding carboxylic acids is 1. The molecule has 0 radical (unpaired) electrons. The van der Waals surface area contributed by atoms with Gasteiger partial charge in [-0.2, -0.15) is 18.4 Å². The molecule has 0 aromatic heterocycles. The molecule has 0 aliphatic carbocycles. The van der Waals surface area contributed by atoms with Crippen molar-refractivity contribution < 1.29 is 13.2 Å². The first kappa shape index (κ1) is 12.4. The minimum Gasteiger partial charge on any atom is -0.293 e. The van der Waals surface area contributed by atoms with E-state index in [0.717, 1.165) is 0 Å². The van der Waals surface area contributed by atoms with Crippen LogP contribution in [0, 0.1) is 0 Å². The number of nitrogens with one attached hydrogen (secondary N) is 1. The van der Waals surface area contributed by atoms with Crippen LogP contribution in [0.5, 0.6) is 0 Å². The lowest BCUT2D eigenvalue weighted by molar-refractivity contribution is -0.111. The molecule has 0 saturated heterocycles. The van der Waals surface area contributed by atoms with Crippen LogP contribution in [0.4, 0.5) is 0 Å². The van der Waals surface area contributed by atoms with Crippen LogP contribution in [-0.4, -0.2) is 19.9 Å². The fourth-order valence-electron chi connectivity index (χ4n) is 0.860. The third-order valence-corrected chi connectivity index (χ3v) is 3.12. The van der Waals surface area contributed by atoms with E-state index in [-0.39, 0.29) is 16.4 Å². The third kappa shape index (κ3) is 3.16. The van der Waals surface area contributed by atoms with Crippen LogP contribution in [0.1, 0.15) is 13.8 Å². The molecule has 1 aromatic rings. The normalized spacial score (nSPS) is 12.2. The summed E-state index contributed by atoms with van der Waals surface area (Å²) in [7, 11) is -3.68. The van der Waals surface area contributed by atoms with Gasteiger partial charge in [0, 0.05) is 6.92 Å². The Kier molecular flexibility index (Phi) is 3.78. The van der Waals surface area contributed by atoms with Gasteiger partial charge in [-0.25, -0.2) is 0 Å². The van der Waals surface area contributed by atoms with E-state index in [1.807, 2.05) is 4.83 Å². The third-order valence-electron chi connectivity index (χ3n) is 1.90. The average molecular weight is 240 g/mol. The van der Waals surface area contributed by atoms with Gasteiger partial charge in [0.05, 0.1) is 4.90 Å².